The van der Waals surface area contributed by atoms with Crippen LogP contribution in [0, 0.1) is 0 Å². The van der Waals surface area contributed by atoms with Gasteiger partial charge in [0.05, 0.1) is 0 Å². The summed E-state index contributed by atoms with van der Waals surface area (Å²) in [5.74, 6) is 0. The van der Waals surface area contributed by atoms with Crippen LogP contribution in [0.3, 0.4) is 0 Å². The fraction of sp³-hybridized carbons (Fsp3) is 0.417. The zero-order valence-electron chi connectivity index (χ0n) is 10.1. The molecule has 0 unspecified atom stereocenters. The largest absolute Gasteiger partial charge is 0.389 e. The van der Waals surface area contributed by atoms with Gasteiger partial charge in [-0.1, -0.05) is 28.1 Å². The van der Waals surface area contributed by atoms with Crippen LogP contribution >= 0.6 is 28.1 Å². The molecule has 0 aliphatic carbocycles. The molecule has 0 heterocycles. The highest BCUT2D eigenvalue weighted by atomic mass is 79.9. The Morgan fingerprint density at radius 3 is 2.82 bits per heavy atom. The Morgan fingerprint density at radius 2 is 2.24 bits per heavy atom. The Morgan fingerprint density at radius 1 is 1.53 bits per heavy atom. The zero-order valence-corrected chi connectivity index (χ0v) is 12.5. The van der Waals surface area contributed by atoms with Crippen molar-refractivity contribution < 1.29 is 4.74 Å². The molecule has 0 saturated carbocycles. The van der Waals surface area contributed by atoms with Crippen LogP contribution in [0.25, 0.3) is 0 Å². The number of halogens is 1. The van der Waals surface area contributed by atoms with E-state index in [2.05, 4.69) is 20.8 Å². The highest BCUT2D eigenvalue weighted by Crippen LogP contribution is 2.24. The summed E-state index contributed by atoms with van der Waals surface area (Å²) in [4.78, 5) is 2.56. The summed E-state index contributed by atoms with van der Waals surface area (Å²) in [6, 6.07) is 5.96. The topological polar surface area (TPSA) is 38.5 Å². The van der Waals surface area contributed by atoms with Gasteiger partial charge in [-0.05, 0) is 24.6 Å². The molecule has 0 amide bonds. The Hall–Kier alpha value is -0.650. The van der Waals surface area contributed by atoms with Crippen molar-refractivity contribution in [1.82, 2.24) is 0 Å². The molecule has 0 radical (unpaired) electrons. The van der Waals surface area contributed by atoms with Gasteiger partial charge >= 0.3 is 0 Å². The van der Waals surface area contributed by atoms with E-state index in [1.165, 1.54) is 0 Å². The second-order valence-corrected chi connectivity index (χ2v) is 5.15. The fourth-order valence-corrected chi connectivity index (χ4v) is 2.13. The van der Waals surface area contributed by atoms with E-state index in [1.807, 2.05) is 25.2 Å². The number of hydrogen-bond acceptors (Lipinski definition) is 3. The fourth-order valence-electron chi connectivity index (χ4n) is 1.60. The third kappa shape index (κ3) is 4.26. The Balaban J connectivity index is 2.84. The SMILES string of the molecule is COCCCN(C)c1ccc(Br)cc1C(N)=S. The molecule has 0 spiro atoms. The van der Waals surface area contributed by atoms with E-state index in [4.69, 9.17) is 22.7 Å². The van der Waals surface area contributed by atoms with Crippen LogP contribution in [0.15, 0.2) is 22.7 Å². The van der Waals surface area contributed by atoms with Crippen LogP contribution in [0.1, 0.15) is 12.0 Å². The van der Waals surface area contributed by atoms with E-state index in [9.17, 15) is 0 Å². The van der Waals surface area contributed by atoms with Gasteiger partial charge in [-0.25, -0.2) is 0 Å². The second-order valence-electron chi connectivity index (χ2n) is 3.79. The van der Waals surface area contributed by atoms with Gasteiger partial charge in [0.15, 0.2) is 0 Å². The maximum absolute atomic E-state index is 5.74. The Kier molecular flexibility index (Phi) is 5.88. The van der Waals surface area contributed by atoms with Crippen LogP contribution in [0.4, 0.5) is 5.69 Å². The minimum Gasteiger partial charge on any atom is -0.389 e. The molecule has 0 aliphatic rings. The molecule has 0 aliphatic heterocycles. The lowest BCUT2D eigenvalue weighted by atomic mass is 10.1. The Bertz CT molecular complexity index is 398. The van der Waals surface area contributed by atoms with E-state index in [0.29, 0.717) is 4.99 Å². The number of anilines is 1. The molecule has 3 nitrogen and oxygen atoms in total. The molecular weight excluding hydrogens is 300 g/mol. The lowest BCUT2D eigenvalue weighted by molar-refractivity contribution is 0.196. The molecule has 17 heavy (non-hydrogen) atoms. The first-order chi connectivity index (χ1) is 8.06. The van der Waals surface area contributed by atoms with Gasteiger partial charge in [0.25, 0.3) is 0 Å². The summed E-state index contributed by atoms with van der Waals surface area (Å²) in [6.45, 7) is 1.66. The van der Waals surface area contributed by atoms with Crippen LogP contribution in [0.5, 0.6) is 0 Å². The minimum atomic E-state index is 0.417. The van der Waals surface area contributed by atoms with Crippen molar-refractivity contribution >= 4 is 38.8 Å². The normalized spacial score (nSPS) is 10.3. The van der Waals surface area contributed by atoms with E-state index in [-0.39, 0.29) is 0 Å². The van der Waals surface area contributed by atoms with Gasteiger partial charge in [-0.2, -0.15) is 0 Å². The lowest BCUT2D eigenvalue weighted by Crippen LogP contribution is -2.23. The summed E-state index contributed by atoms with van der Waals surface area (Å²) < 4.78 is 6.02. The average molecular weight is 317 g/mol. The van der Waals surface area contributed by atoms with Gasteiger partial charge in [0.1, 0.15) is 4.99 Å². The van der Waals surface area contributed by atoms with E-state index < -0.39 is 0 Å². The first-order valence-electron chi connectivity index (χ1n) is 5.35. The summed E-state index contributed by atoms with van der Waals surface area (Å²) in [5.41, 5.74) is 7.69. The number of hydrogen-bond donors (Lipinski definition) is 1. The molecule has 1 rings (SSSR count). The number of rotatable bonds is 6. The number of nitrogens with two attached hydrogens (primary N) is 1. The quantitative estimate of drug-likeness (QED) is 0.646. The molecule has 5 heteroatoms. The van der Waals surface area contributed by atoms with Crippen LogP contribution < -0.4 is 10.6 Å². The number of nitrogens with zero attached hydrogens (tertiary/aromatic N) is 1. The van der Waals surface area contributed by atoms with Crippen molar-refractivity contribution in [3.05, 3.63) is 28.2 Å². The van der Waals surface area contributed by atoms with Crippen LogP contribution in [-0.2, 0) is 4.74 Å². The number of benzene rings is 1. The summed E-state index contributed by atoms with van der Waals surface area (Å²) >= 11 is 8.49. The molecule has 0 saturated heterocycles. The molecule has 1 aromatic carbocycles. The Labute approximate surface area is 116 Å². The van der Waals surface area contributed by atoms with E-state index in [1.54, 1.807) is 7.11 Å². The predicted octanol–water partition coefficient (Wildman–Crippen LogP) is 2.56. The maximum Gasteiger partial charge on any atom is 0.106 e. The zero-order chi connectivity index (χ0) is 12.8. The molecule has 94 valence electrons. The molecule has 0 aromatic heterocycles. The van der Waals surface area contributed by atoms with Gasteiger partial charge in [0.2, 0.25) is 0 Å². The van der Waals surface area contributed by atoms with Gasteiger partial charge < -0.3 is 15.4 Å². The molecule has 1 aromatic rings. The molecule has 0 atom stereocenters. The van der Waals surface area contributed by atoms with E-state index in [0.717, 1.165) is 35.3 Å². The first kappa shape index (κ1) is 14.4. The van der Waals surface area contributed by atoms with Crippen molar-refractivity contribution in [3.63, 3.8) is 0 Å². The molecule has 0 fully saturated rings. The van der Waals surface area contributed by atoms with Crippen molar-refractivity contribution in [2.75, 3.05) is 32.2 Å². The highest BCUT2D eigenvalue weighted by Gasteiger charge is 2.09. The van der Waals surface area contributed by atoms with Crippen molar-refractivity contribution in [2.45, 2.75) is 6.42 Å². The van der Waals surface area contributed by atoms with Crippen LogP contribution in [0.2, 0.25) is 0 Å². The maximum atomic E-state index is 5.74. The molecule has 2 N–H and O–H groups in total. The smallest absolute Gasteiger partial charge is 0.106 e. The van der Waals surface area contributed by atoms with Gasteiger partial charge in [-0.15, -0.1) is 0 Å². The molecular formula is C12H17BrN2OS. The summed E-state index contributed by atoms with van der Waals surface area (Å²) in [6.07, 6.45) is 0.972. The van der Waals surface area contributed by atoms with Crippen LogP contribution in [-0.4, -0.2) is 32.3 Å². The third-order valence-electron chi connectivity index (χ3n) is 2.48. The van der Waals surface area contributed by atoms with E-state index >= 15 is 0 Å². The predicted molar refractivity (Wildman–Crippen MR) is 79.8 cm³/mol. The first-order valence-corrected chi connectivity index (χ1v) is 6.56. The van der Waals surface area contributed by atoms with Gasteiger partial charge in [-0.3, -0.25) is 0 Å². The van der Waals surface area contributed by atoms with Gasteiger partial charge in [0, 0.05) is 43.0 Å². The average Bonchev–Trinajstić information content (AvgIpc) is 2.29. The highest BCUT2D eigenvalue weighted by molar-refractivity contribution is 9.10. The number of methoxy groups -OCH3 is 1. The third-order valence-corrected chi connectivity index (χ3v) is 3.19. The number of ether oxygens (including phenoxy) is 1. The second kappa shape index (κ2) is 6.93. The van der Waals surface area contributed by atoms with Crippen molar-refractivity contribution in [1.29, 1.82) is 0 Å². The summed E-state index contributed by atoms with van der Waals surface area (Å²) in [5, 5.41) is 0. The van der Waals surface area contributed by atoms with Crippen molar-refractivity contribution in [3.8, 4) is 0 Å². The minimum absolute atomic E-state index is 0.417. The summed E-state index contributed by atoms with van der Waals surface area (Å²) in [7, 11) is 3.74. The number of thiocarbonyl (C=S) groups is 1. The molecule has 0 bridgehead atoms. The standard InChI is InChI=1S/C12H17BrN2OS/c1-15(6-3-7-16-2)11-5-4-9(13)8-10(11)12(14)17/h4-5,8H,3,6-7H2,1-2H3,(H2,14,17). The lowest BCUT2D eigenvalue weighted by Gasteiger charge is -2.22. The van der Waals surface area contributed by atoms with Crippen molar-refractivity contribution in [2.24, 2.45) is 5.73 Å². The monoisotopic (exact) mass is 316 g/mol.